The van der Waals surface area contributed by atoms with E-state index in [2.05, 4.69) is 4.90 Å². The minimum absolute atomic E-state index is 0.133. The molecule has 7 heteroatoms. The van der Waals surface area contributed by atoms with Crippen LogP contribution in [0.3, 0.4) is 0 Å². The maximum absolute atomic E-state index is 12.5. The first kappa shape index (κ1) is 17.6. The van der Waals surface area contributed by atoms with Crippen LogP contribution in [-0.2, 0) is 11.0 Å². The molecule has 23 heavy (non-hydrogen) atoms. The van der Waals surface area contributed by atoms with Crippen molar-refractivity contribution in [2.75, 3.05) is 40.3 Å². The van der Waals surface area contributed by atoms with Crippen LogP contribution >= 0.6 is 0 Å². The van der Waals surface area contributed by atoms with Gasteiger partial charge in [0.05, 0.1) is 5.56 Å². The van der Waals surface area contributed by atoms with Crippen molar-refractivity contribution < 1.29 is 22.7 Å². The van der Waals surface area contributed by atoms with E-state index in [1.165, 1.54) is 12.1 Å². The van der Waals surface area contributed by atoms with Crippen molar-refractivity contribution in [2.45, 2.75) is 12.6 Å². The van der Waals surface area contributed by atoms with Crippen LogP contribution < -0.4 is 4.74 Å². The Morgan fingerprint density at radius 3 is 2.52 bits per heavy atom. The van der Waals surface area contributed by atoms with Gasteiger partial charge in [-0.2, -0.15) is 13.2 Å². The van der Waals surface area contributed by atoms with Crippen molar-refractivity contribution in [3.05, 3.63) is 29.8 Å². The molecule has 1 heterocycles. The third-order valence-electron chi connectivity index (χ3n) is 3.81. The molecule has 1 aromatic rings. The van der Waals surface area contributed by atoms with E-state index in [9.17, 15) is 18.0 Å². The zero-order valence-corrected chi connectivity index (χ0v) is 13.3. The van der Waals surface area contributed by atoms with E-state index in [1.54, 1.807) is 4.90 Å². The number of benzene rings is 1. The van der Waals surface area contributed by atoms with E-state index in [4.69, 9.17) is 4.74 Å². The Balaban J connectivity index is 1.81. The summed E-state index contributed by atoms with van der Waals surface area (Å²) in [5.41, 5.74) is -0.734. The van der Waals surface area contributed by atoms with E-state index in [0.717, 1.165) is 25.1 Å². The van der Waals surface area contributed by atoms with Gasteiger partial charge in [-0.1, -0.05) is 0 Å². The number of hydrogen-bond acceptors (Lipinski definition) is 3. The molecule has 1 aromatic carbocycles. The normalized spacial score (nSPS) is 18.5. The summed E-state index contributed by atoms with van der Waals surface area (Å²) in [6.45, 7) is 2.19. The van der Waals surface area contributed by atoms with Gasteiger partial charge < -0.3 is 14.5 Å². The van der Waals surface area contributed by atoms with Crippen LogP contribution in [0.1, 0.15) is 12.0 Å². The van der Waals surface area contributed by atoms with Gasteiger partial charge in [0.1, 0.15) is 5.75 Å². The molecule has 128 valence electrons. The fourth-order valence-corrected chi connectivity index (χ4v) is 2.70. The standard InChI is InChI=1S/C16H21F3N2O2/c1-20(2)9-12-7-8-21(10-12)15(22)11-23-14-5-3-13(4-6-14)16(17,18)19/h3-6,12H,7-11H2,1-2H3/t12-/m1/s1. The Hall–Kier alpha value is -1.76. The minimum Gasteiger partial charge on any atom is -0.484 e. The second kappa shape index (κ2) is 7.21. The summed E-state index contributed by atoms with van der Waals surface area (Å²) < 4.78 is 42.7. The van der Waals surface area contributed by atoms with Crippen LogP contribution in [0.2, 0.25) is 0 Å². The van der Waals surface area contributed by atoms with E-state index >= 15 is 0 Å². The van der Waals surface area contributed by atoms with E-state index in [0.29, 0.717) is 19.0 Å². The van der Waals surface area contributed by atoms with Crippen molar-refractivity contribution in [1.29, 1.82) is 0 Å². The zero-order valence-electron chi connectivity index (χ0n) is 13.3. The Labute approximate surface area is 133 Å². The fraction of sp³-hybridized carbons (Fsp3) is 0.562. The molecule has 1 atom stereocenters. The van der Waals surface area contributed by atoms with Crippen LogP contribution in [0.4, 0.5) is 13.2 Å². The van der Waals surface area contributed by atoms with Crippen molar-refractivity contribution in [3.63, 3.8) is 0 Å². The highest BCUT2D eigenvalue weighted by molar-refractivity contribution is 5.78. The molecule has 1 aliphatic rings. The molecule has 0 saturated carbocycles. The highest BCUT2D eigenvalue weighted by Gasteiger charge is 2.30. The van der Waals surface area contributed by atoms with Gasteiger partial charge in [-0.15, -0.1) is 0 Å². The molecule has 1 amide bonds. The van der Waals surface area contributed by atoms with Crippen molar-refractivity contribution in [1.82, 2.24) is 9.80 Å². The zero-order chi connectivity index (χ0) is 17.0. The summed E-state index contributed by atoms with van der Waals surface area (Å²) in [4.78, 5) is 15.9. The van der Waals surface area contributed by atoms with Crippen LogP contribution in [0.25, 0.3) is 0 Å². The van der Waals surface area contributed by atoms with Crippen molar-refractivity contribution in [2.24, 2.45) is 5.92 Å². The maximum Gasteiger partial charge on any atom is 0.416 e. The van der Waals surface area contributed by atoms with Gasteiger partial charge >= 0.3 is 6.18 Å². The third-order valence-corrected chi connectivity index (χ3v) is 3.81. The molecule has 0 unspecified atom stereocenters. The summed E-state index contributed by atoms with van der Waals surface area (Å²) in [6.07, 6.45) is -3.41. The molecule has 1 aliphatic heterocycles. The minimum atomic E-state index is -4.37. The predicted octanol–water partition coefficient (Wildman–Crippen LogP) is 2.49. The molecule has 1 fully saturated rings. The molecule has 0 radical (unpaired) electrons. The van der Waals surface area contributed by atoms with E-state index < -0.39 is 11.7 Å². The lowest BCUT2D eigenvalue weighted by Crippen LogP contribution is -2.34. The number of rotatable bonds is 5. The van der Waals surface area contributed by atoms with Gasteiger partial charge in [-0.05, 0) is 50.7 Å². The SMILES string of the molecule is CN(C)C[C@H]1CCN(C(=O)COc2ccc(C(F)(F)F)cc2)C1. The third kappa shape index (κ3) is 5.13. The van der Waals surface area contributed by atoms with E-state index in [-0.39, 0.29) is 18.3 Å². The van der Waals surface area contributed by atoms with Gasteiger partial charge in [-0.3, -0.25) is 4.79 Å². The molecule has 0 spiro atoms. The van der Waals surface area contributed by atoms with Crippen LogP contribution in [0.5, 0.6) is 5.75 Å². The number of ether oxygens (including phenoxy) is 1. The Morgan fingerprint density at radius 2 is 1.96 bits per heavy atom. The van der Waals surface area contributed by atoms with Crippen molar-refractivity contribution in [3.8, 4) is 5.75 Å². The first-order chi connectivity index (χ1) is 10.8. The van der Waals surface area contributed by atoms with Crippen LogP contribution in [0.15, 0.2) is 24.3 Å². The lowest BCUT2D eigenvalue weighted by molar-refractivity contribution is -0.137. The van der Waals surface area contributed by atoms with E-state index in [1.807, 2.05) is 14.1 Å². The average Bonchev–Trinajstić information content (AvgIpc) is 2.92. The quantitative estimate of drug-likeness (QED) is 0.832. The van der Waals surface area contributed by atoms with Crippen LogP contribution in [0, 0.1) is 5.92 Å². The smallest absolute Gasteiger partial charge is 0.416 e. The summed E-state index contributed by atoms with van der Waals surface area (Å²) in [5, 5.41) is 0. The second-order valence-corrected chi connectivity index (χ2v) is 6.07. The molecule has 0 aromatic heterocycles. The molecular formula is C16H21F3N2O2. The highest BCUT2D eigenvalue weighted by Crippen LogP contribution is 2.30. The van der Waals surface area contributed by atoms with Gasteiger partial charge in [0.15, 0.2) is 6.61 Å². The summed E-state index contributed by atoms with van der Waals surface area (Å²) in [7, 11) is 4.00. The summed E-state index contributed by atoms with van der Waals surface area (Å²) in [6, 6.07) is 4.36. The number of alkyl halides is 3. The molecule has 2 rings (SSSR count). The summed E-state index contributed by atoms with van der Waals surface area (Å²) in [5.74, 6) is 0.585. The van der Waals surface area contributed by atoms with Gasteiger partial charge in [-0.25, -0.2) is 0 Å². The molecule has 4 nitrogen and oxygen atoms in total. The first-order valence-electron chi connectivity index (χ1n) is 7.48. The van der Waals surface area contributed by atoms with Gasteiger partial charge in [0.25, 0.3) is 5.91 Å². The summed E-state index contributed by atoms with van der Waals surface area (Å²) >= 11 is 0. The fourth-order valence-electron chi connectivity index (χ4n) is 2.70. The molecule has 1 saturated heterocycles. The number of amides is 1. The monoisotopic (exact) mass is 330 g/mol. The Bertz CT molecular complexity index is 529. The van der Waals surface area contributed by atoms with Gasteiger partial charge in [0.2, 0.25) is 0 Å². The molecule has 0 bridgehead atoms. The number of carbonyl (C=O) groups excluding carboxylic acids is 1. The number of nitrogens with zero attached hydrogens (tertiary/aromatic N) is 2. The number of hydrogen-bond donors (Lipinski definition) is 0. The number of halogens is 3. The van der Waals surface area contributed by atoms with Crippen molar-refractivity contribution >= 4 is 5.91 Å². The van der Waals surface area contributed by atoms with Gasteiger partial charge in [0, 0.05) is 19.6 Å². The lowest BCUT2D eigenvalue weighted by Gasteiger charge is -2.18. The Kier molecular flexibility index (Phi) is 5.51. The number of carbonyl (C=O) groups is 1. The lowest BCUT2D eigenvalue weighted by atomic mass is 10.1. The topological polar surface area (TPSA) is 32.8 Å². The molecule has 0 N–H and O–H groups in total. The number of likely N-dealkylation sites (tertiary alicyclic amines) is 1. The predicted molar refractivity (Wildman–Crippen MR) is 80.2 cm³/mol. The Morgan fingerprint density at radius 1 is 1.30 bits per heavy atom. The first-order valence-corrected chi connectivity index (χ1v) is 7.48. The largest absolute Gasteiger partial charge is 0.484 e. The second-order valence-electron chi connectivity index (χ2n) is 6.07. The average molecular weight is 330 g/mol. The maximum atomic E-state index is 12.5. The molecule has 0 aliphatic carbocycles. The van der Waals surface area contributed by atoms with Crippen LogP contribution in [-0.4, -0.2) is 56.0 Å². The highest BCUT2D eigenvalue weighted by atomic mass is 19.4. The molecular weight excluding hydrogens is 309 g/mol.